The number of pyridine rings is 1. The average molecular weight is 465 g/mol. The number of hydrogen-bond acceptors (Lipinski definition) is 5. The number of piperidine rings is 1. The van der Waals surface area contributed by atoms with Crippen molar-refractivity contribution in [1.29, 1.82) is 0 Å². The Hall–Kier alpha value is -3.28. The molecule has 0 amide bonds. The van der Waals surface area contributed by atoms with Crippen LogP contribution in [0.25, 0.3) is 21.9 Å². The van der Waals surface area contributed by atoms with Crippen molar-refractivity contribution < 1.29 is 4.39 Å². The molecule has 2 N–H and O–H groups in total. The molecule has 0 unspecified atom stereocenters. The van der Waals surface area contributed by atoms with Crippen molar-refractivity contribution >= 4 is 23.1 Å². The maximum atomic E-state index is 14.5. The van der Waals surface area contributed by atoms with Gasteiger partial charge in [0.15, 0.2) is 5.82 Å². The van der Waals surface area contributed by atoms with E-state index in [1.807, 2.05) is 17.0 Å². The van der Waals surface area contributed by atoms with Gasteiger partial charge in [-0.25, -0.2) is 14.2 Å². The Morgan fingerprint density at radius 1 is 1.15 bits per heavy atom. The lowest BCUT2D eigenvalue weighted by molar-refractivity contribution is 0.498. The van der Waals surface area contributed by atoms with Crippen LogP contribution in [0.4, 0.5) is 15.9 Å². The first-order valence-corrected chi connectivity index (χ1v) is 11.3. The number of nitrogens with two attached hydrogens (primary N) is 1. The summed E-state index contributed by atoms with van der Waals surface area (Å²) in [6, 6.07) is 8.02. The molecular formula is C24H22ClFN6O. The van der Waals surface area contributed by atoms with Crippen LogP contribution in [-0.2, 0) is 0 Å². The second kappa shape index (κ2) is 8.58. The fourth-order valence-electron chi connectivity index (χ4n) is 4.13. The van der Waals surface area contributed by atoms with Gasteiger partial charge in [-0.1, -0.05) is 23.7 Å². The van der Waals surface area contributed by atoms with Crippen molar-refractivity contribution in [2.75, 3.05) is 18.0 Å². The van der Waals surface area contributed by atoms with Crippen LogP contribution in [0.3, 0.4) is 0 Å². The van der Waals surface area contributed by atoms with Crippen LogP contribution in [0.5, 0.6) is 0 Å². The molecule has 2 aliphatic rings. The largest absolute Gasteiger partial charge is 0.355 e. The molecule has 33 heavy (non-hydrogen) atoms. The lowest BCUT2D eigenvalue weighted by atomic mass is 10.1. The van der Waals surface area contributed by atoms with Crippen LogP contribution in [0.2, 0.25) is 5.02 Å². The maximum absolute atomic E-state index is 14.5. The number of hydrogen-bond donors (Lipinski definition) is 1. The number of nitrogens with zero attached hydrogens (tertiary/aromatic N) is 5. The molecule has 1 aromatic carbocycles. The van der Waals surface area contributed by atoms with Crippen molar-refractivity contribution in [3.05, 3.63) is 74.8 Å². The third-order valence-electron chi connectivity index (χ3n) is 6.20. The fraction of sp³-hybridized carbons (Fsp3) is 0.333. The Morgan fingerprint density at radius 3 is 2.52 bits per heavy atom. The van der Waals surface area contributed by atoms with Gasteiger partial charge in [0, 0.05) is 36.3 Å². The summed E-state index contributed by atoms with van der Waals surface area (Å²) in [5, 5.41) is -0.00117. The molecule has 1 saturated carbocycles. The van der Waals surface area contributed by atoms with E-state index in [9.17, 15) is 9.18 Å². The third kappa shape index (κ3) is 4.10. The predicted molar refractivity (Wildman–Crippen MR) is 126 cm³/mol. The van der Waals surface area contributed by atoms with E-state index >= 15 is 0 Å². The van der Waals surface area contributed by atoms with Crippen LogP contribution in [0, 0.1) is 12.4 Å². The second-order valence-corrected chi connectivity index (χ2v) is 8.91. The second-order valence-electron chi connectivity index (χ2n) is 8.53. The Balaban J connectivity index is 1.68. The monoisotopic (exact) mass is 464 g/mol. The number of anilines is 1. The summed E-state index contributed by atoms with van der Waals surface area (Å²) in [5.74, 6) is 0.397. The predicted octanol–water partition coefficient (Wildman–Crippen LogP) is 4.44. The van der Waals surface area contributed by atoms with E-state index in [1.54, 1.807) is 12.3 Å². The Bertz CT molecular complexity index is 1300. The summed E-state index contributed by atoms with van der Waals surface area (Å²) in [6.07, 6.45) is 5.38. The number of halogens is 2. The first-order chi connectivity index (χ1) is 16.0. The fourth-order valence-corrected chi connectivity index (χ4v) is 4.38. The van der Waals surface area contributed by atoms with Crippen LogP contribution in [0.15, 0.2) is 41.3 Å². The zero-order chi connectivity index (χ0) is 23.1. The molecule has 0 atom stereocenters. The number of rotatable bonds is 4. The van der Waals surface area contributed by atoms with E-state index in [1.165, 1.54) is 16.7 Å². The molecule has 7 nitrogen and oxygen atoms in total. The molecule has 1 aliphatic heterocycles. The topological polar surface area (TPSA) is 81.4 Å². The highest BCUT2D eigenvalue weighted by Gasteiger charge is 2.27. The van der Waals surface area contributed by atoms with Crippen molar-refractivity contribution in [3.63, 3.8) is 0 Å². The zero-order valence-corrected chi connectivity index (χ0v) is 18.6. The summed E-state index contributed by atoms with van der Waals surface area (Å²) in [6.45, 7) is 8.36. The first kappa shape index (κ1) is 21.6. The van der Waals surface area contributed by atoms with E-state index in [-0.39, 0.29) is 22.6 Å². The van der Waals surface area contributed by atoms with Crippen molar-refractivity contribution in [3.8, 4) is 17.1 Å². The highest BCUT2D eigenvalue weighted by molar-refractivity contribution is 6.32. The van der Waals surface area contributed by atoms with Crippen molar-refractivity contribution in [2.45, 2.75) is 37.6 Å². The van der Waals surface area contributed by atoms with Gasteiger partial charge in [0.2, 0.25) is 5.69 Å². The minimum absolute atomic E-state index is 0.00117. The summed E-state index contributed by atoms with van der Waals surface area (Å²) in [5.41, 5.74) is 7.33. The van der Waals surface area contributed by atoms with Gasteiger partial charge in [-0.15, -0.1) is 0 Å². The van der Waals surface area contributed by atoms with Gasteiger partial charge in [-0.3, -0.25) is 14.3 Å². The standard InChI is InChI=1S/C24H22ClFN6O/c1-28-20-6-4-15(12-18(20)26)22-30-23(31-10-8-16(27)9-11-31)21(25)24(33)32(22)17-5-7-19(29-13-17)14-2-3-14/h4-7,12-14,16H,2-3,8-11,27H2. The van der Waals surface area contributed by atoms with E-state index in [2.05, 4.69) is 9.83 Å². The van der Waals surface area contributed by atoms with Crippen molar-refractivity contribution in [1.82, 2.24) is 14.5 Å². The molecule has 0 bridgehead atoms. The van der Waals surface area contributed by atoms with Gasteiger partial charge in [-0.05, 0) is 43.9 Å². The first-order valence-electron chi connectivity index (χ1n) is 10.9. The molecular weight excluding hydrogens is 443 g/mol. The molecule has 2 aromatic heterocycles. The van der Waals surface area contributed by atoms with Gasteiger partial charge >= 0.3 is 0 Å². The summed E-state index contributed by atoms with van der Waals surface area (Å²) < 4.78 is 15.9. The van der Waals surface area contributed by atoms with Crippen LogP contribution in [0.1, 0.15) is 37.3 Å². The molecule has 0 spiro atoms. The smallest absolute Gasteiger partial charge is 0.279 e. The lowest BCUT2D eigenvalue weighted by Gasteiger charge is -2.32. The van der Waals surface area contributed by atoms with E-state index in [0.717, 1.165) is 31.4 Å². The van der Waals surface area contributed by atoms with Crippen molar-refractivity contribution in [2.24, 2.45) is 5.73 Å². The van der Waals surface area contributed by atoms with Crippen LogP contribution >= 0.6 is 11.6 Å². The van der Waals surface area contributed by atoms with Gasteiger partial charge in [-0.2, -0.15) is 0 Å². The van der Waals surface area contributed by atoms with Gasteiger partial charge in [0.05, 0.1) is 18.5 Å². The molecule has 3 aromatic rings. The van der Waals surface area contributed by atoms with Gasteiger partial charge in [0.25, 0.3) is 5.56 Å². The molecule has 0 radical (unpaired) electrons. The van der Waals surface area contributed by atoms with Crippen LogP contribution < -0.4 is 16.2 Å². The third-order valence-corrected chi connectivity index (χ3v) is 6.53. The highest BCUT2D eigenvalue weighted by atomic mass is 35.5. The summed E-state index contributed by atoms with van der Waals surface area (Å²) in [4.78, 5) is 27.9. The number of benzene rings is 1. The normalized spacial score (nSPS) is 16.6. The van der Waals surface area contributed by atoms with E-state index in [0.29, 0.717) is 36.1 Å². The van der Waals surface area contributed by atoms with E-state index in [4.69, 9.17) is 28.9 Å². The maximum Gasteiger partial charge on any atom is 0.279 e. The van der Waals surface area contributed by atoms with Crippen LogP contribution in [-0.4, -0.2) is 33.7 Å². The molecule has 1 saturated heterocycles. The highest BCUT2D eigenvalue weighted by Crippen LogP contribution is 2.39. The summed E-state index contributed by atoms with van der Waals surface area (Å²) >= 11 is 6.55. The quantitative estimate of drug-likeness (QED) is 0.577. The molecule has 9 heteroatoms. The summed E-state index contributed by atoms with van der Waals surface area (Å²) in [7, 11) is 0. The molecule has 2 fully saturated rings. The molecule has 168 valence electrons. The Labute approximate surface area is 195 Å². The molecule has 3 heterocycles. The zero-order valence-electron chi connectivity index (χ0n) is 17.8. The SMILES string of the molecule is [C-]#[N+]c1ccc(-c2nc(N3CCC(N)CC3)c(Cl)c(=O)n2-c2ccc(C3CC3)nc2)cc1F. The average Bonchev–Trinajstić information content (AvgIpc) is 3.67. The Kier molecular flexibility index (Phi) is 5.60. The van der Waals surface area contributed by atoms with Gasteiger partial charge < -0.3 is 10.6 Å². The number of aromatic nitrogens is 3. The minimum Gasteiger partial charge on any atom is -0.355 e. The molecule has 1 aliphatic carbocycles. The van der Waals surface area contributed by atoms with E-state index < -0.39 is 11.4 Å². The molecule has 5 rings (SSSR count). The Morgan fingerprint density at radius 2 is 1.91 bits per heavy atom. The lowest BCUT2D eigenvalue weighted by Crippen LogP contribution is -2.41. The van der Waals surface area contributed by atoms with Gasteiger partial charge in [0.1, 0.15) is 16.7 Å². The minimum atomic E-state index is -0.675.